The molecule has 0 radical (unpaired) electrons. The zero-order valence-electron chi connectivity index (χ0n) is 10.9. The molecule has 0 aliphatic rings. The van der Waals surface area contributed by atoms with Gasteiger partial charge < -0.3 is 4.74 Å². The van der Waals surface area contributed by atoms with E-state index in [9.17, 15) is 14.0 Å². The Morgan fingerprint density at radius 2 is 2.24 bits per heavy atom. The predicted molar refractivity (Wildman–Crippen MR) is 77.4 cm³/mol. The number of ether oxygens (including phenoxy) is 1. The van der Waals surface area contributed by atoms with E-state index in [4.69, 9.17) is 16.3 Å². The largest absolute Gasteiger partial charge is 0.461 e. The number of anilines is 1. The van der Waals surface area contributed by atoms with Crippen molar-refractivity contribution < 1.29 is 18.7 Å². The highest BCUT2D eigenvalue weighted by atomic mass is 35.5. The van der Waals surface area contributed by atoms with Crippen LogP contribution in [0, 0.1) is 5.82 Å². The Bertz CT molecular complexity index is 690. The van der Waals surface area contributed by atoms with Gasteiger partial charge in [0, 0.05) is 5.38 Å². The molecule has 110 valence electrons. The zero-order valence-corrected chi connectivity index (χ0v) is 12.4. The molecule has 21 heavy (non-hydrogen) atoms. The van der Waals surface area contributed by atoms with E-state index < -0.39 is 17.7 Å². The Balaban J connectivity index is 2.11. The predicted octanol–water partition coefficient (Wildman–Crippen LogP) is 3.36. The molecule has 1 heterocycles. The number of hydrogen-bond donors (Lipinski definition) is 1. The van der Waals surface area contributed by atoms with Gasteiger partial charge in [-0.3, -0.25) is 10.1 Å². The van der Waals surface area contributed by atoms with Gasteiger partial charge in [0.15, 0.2) is 10.8 Å². The molecule has 1 amide bonds. The summed E-state index contributed by atoms with van der Waals surface area (Å²) in [4.78, 5) is 27.4. The van der Waals surface area contributed by atoms with E-state index in [1.54, 1.807) is 6.92 Å². The molecule has 0 saturated carbocycles. The van der Waals surface area contributed by atoms with Crippen LogP contribution in [0.1, 0.15) is 27.8 Å². The number of amides is 1. The molecule has 0 aliphatic carbocycles. The third-order valence-corrected chi connectivity index (χ3v) is 3.46. The van der Waals surface area contributed by atoms with Gasteiger partial charge in [0.2, 0.25) is 0 Å². The van der Waals surface area contributed by atoms with Crippen LogP contribution in [-0.4, -0.2) is 23.5 Å². The molecule has 8 heteroatoms. The first kappa shape index (κ1) is 15.4. The number of benzene rings is 1. The summed E-state index contributed by atoms with van der Waals surface area (Å²) in [5.74, 6) is -1.63. The standard InChI is InChI=1S/C13H10ClFN2O3S/c1-2-20-12(19)10-6-21-13(16-10)17-11(18)8-4-3-7(15)5-9(8)14/h3-6H,2H2,1H3,(H,16,17,18). The SMILES string of the molecule is CCOC(=O)c1csc(NC(=O)c2ccc(F)cc2Cl)n1. The minimum absolute atomic E-state index is 0.00493. The first-order valence-corrected chi connectivity index (χ1v) is 7.16. The maximum Gasteiger partial charge on any atom is 0.357 e. The Morgan fingerprint density at radius 1 is 1.48 bits per heavy atom. The maximum atomic E-state index is 12.9. The van der Waals surface area contributed by atoms with Crippen LogP contribution in [0.2, 0.25) is 5.02 Å². The number of esters is 1. The summed E-state index contributed by atoms with van der Waals surface area (Å²) in [6, 6.07) is 3.45. The fraction of sp³-hybridized carbons (Fsp3) is 0.154. The molecular formula is C13H10ClFN2O3S. The van der Waals surface area contributed by atoms with Crippen LogP contribution < -0.4 is 5.32 Å². The molecule has 1 N–H and O–H groups in total. The van der Waals surface area contributed by atoms with Crippen LogP contribution in [0.15, 0.2) is 23.6 Å². The van der Waals surface area contributed by atoms with Gasteiger partial charge in [-0.2, -0.15) is 0 Å². The first-order valence-electron chi connectivity index (χ1n) is 5.90. The Kier molecular flexibility index (Phi) is 4.87. The van der Waals surface area contributed by atoms with Crippen LogP contribution in [-0.2, 0) is 4.74 Å². The number of thiazole rings is 1. The monoisotopic (exact) mass is 328 g/mol. The molecule has 0 fully saturated rings. The molecule has 0 unspecified atom stereocenters. The molecule has 1 aromatic heterocycles. The normalized spacial score (nSPS) is 10.2. The van der Waals surface area contributed by atoms with Crippen LogP contribution in [0.25, 0.3) is 0 Å². The summed E-state index contributed by atoms with van der Waals surface area (Å²) < 4.78 is 17.7. The molecule has 0 atom stereocenters. The average Bonchev–Trinajstić information content (AvgIpc) is 2.87. The fourth-order valence-corrected chi connectivity index (χ4v) is 2.40. The summed E-state index contributed by atoms with van der Waals surface area (Å²) in [6.45, 7) is 1.92. The highest BCUT2D eigenvalue weighted by Gasteiger charge is 2.15. The lowest BCUT2D eigenvalue weighted by Crippen LogP contribution is -2.13. The van der Waals surface area contributed by atoms with Crippen molar-refractivity contribution in [3.05, 3.63) is 45.7 Å². The lowest BCUT2D eigenvalue weighted by Gasteiger charge is -2.03. The molecule has 1 aromatic carbocycles. The Morgan fingerprint density at radius 3 is 2.90 bits per heavy atom. The number of nitrogens with zero attached hydrogens (tertiary/aromatic N) is 1. The molecule has 2 rings (SSSR count). The van der Waals surface area contributed by atoms with E-state index in [0.29, 0.717) is 0 Å². The number of halogens is 2. The number of carbonyl (C=O) groups excluding carboxylic acids is 2. The number of nitrogens with one attached hydrogen (secondary N) is 1. The van der Waals surface area contributed by atoms with E-state index in [1.165, 1.54) is 11.4 Å². The van der Waals surface area contributed by atoms with E-state index in [2.05, 4.69) is 10.3 Å². The van der Waals surface area contributed by atoms with E-state index in [0.717, 1.165) is 23.5 Å². The Labute approximate surface area is 128 Å². The zero-order chi connectivity index (χ0) is 15.4. The van der Waals surface area contributed by atoms with E-state index >= 15 is 0 Å². The van der Waals surface area contributed by atoms with Gasteiger partial charge in [0.05, 0.1) is 17.2 Å². The van der Waals surface area contributed by atoms with Crippen molar-refractivity contribution in [2.75, 3.05) is 11.9 Å². The van der Waals surface area contributed by atoms with Gasteiger partial charge in [-0.05, 0) is 25.1 Å². The van der Waals surface area contributed by atoms with Gasteiger partial charge in [-0.25, -0.2) is 14.2 Å². The third-order valence-electron chi connectivity index (χ3n) is 2.38. The van der Waals surface area contributed by atoms with Crippen molar-refractivity contribution in [1.29, 1.82) is 0 Å². The van der Waals surface area contributed by atoms with Crippen molar-refractivity contribution in [2.24, 2.45) is 0 Å². The lowest BCUT2D eigenvalue weighted by molar-refractivity contribution is 0.0520. The van der Waals surface area contributed by atoms with Crippen LogP contribution in [0.4, 0.5) is 9.52 Å². The average molecular weight is 329 g/mol. The van der Waals surface area contributed by atoms with Crippen LogP contribution >= 0.6 is 22.9 Å². The number of aromatic nitrogens is 1. The molecule has 5 nitrogen and oxygen atoms in total. The topological polar surface area (TPSA) is 68.3 Å². The fourth-order valence-electron chi connectivity index (χ4n) is 1.47. The second kappa shape index (κ2) is 6.64. The van der Waals surface area contributed by atoms with Crippen molar-refractivity contribution in [3.8, 4) is 0 Å². The van der Waals surface area contributed by atoms with Gasteiger partial charge in [-0.15, -0.1) is 11.3 Å². The van der Waals surface area contributed by atoms with Crippen LogP contribution in [0.5, 0.6) is 0 Å². The van der Waals surface area contributed by atoms with Crippen molar-refractivity contribution >= 4 is 39.9 Å². The number of hydrogen-bond acceptors (Lipinski definition) is 5. The van der Waals surface area contributed by atoms with Gasteiger partial charge >= 0.3 is 5.97 Å². The molecular weight excluding hydrogens is 319 g/mol. The first-order chi connectivity index (χ1) is 10.0. The highest BCUT2D eigenvalue weighted by molar-refractivity contribution is 7.14. The summed E-state index contributed by atoms with van der Waals surface area (Å²) in [5, 5.41) is 4.18. The van der Waals surface area contributed by atoms with Crippen LogP contribution in [0.3, 0.4) is 0 Å². The van der Waals surface area contributed by atoms with Crippen molar-refractivity contribution in [1.82, 2.24) is 4.98 Å². The van der Waals surface area contributed by atoms with E-state index in [-0.39, 0.29) is 28.0 Å². The summed E-state index contributed by atoms with van der Waals surface area (Å²) in [6.07, 6.45) is 0. The van der Waals surface area contributed by atoms with Gasteiger partial charge in [0.25, 0.3) is 5.91 Å². The summed E-state index contributed by atoms with van der Waals surface area (Å²) >= 11 is 6.87. The molecule has 0 spiro atoms. The van der Waals surface area contributed by atoms with Gasteiger partial charge in [0.1, 0.15) is 5.82 Å². The van der Waals surface area contributed by atoms with Crippen molar-refractivity contribution in [3.63, 3.8) is 0 Å². The van der Waals surface area contributed by atoms with Crippen molar-refractivity contribution in [2.45, 2.75) is 6.92 Å². The minimum Gasteiger partial charge on any atom is -0.461 e. The quantitative estimate of drug-likeness (QED) is 0.874. The van der Waals surface area contributed by atoms with E-state index in [1.807, 2.05) is 0 Å². The molecule has 0 bridgehead atoms. The third kappa shape index (κ3) is 3.77. The number of rotatable bonds is 4. The Hall–Kier alpha value is -1.99. The summed E-state index contributed by atoms with van der Waals surface area (Å²) in [5.41, 5.74) is 0.230. The minimum atomic E-state index is -0.561. The second-order valence-electron chi connectivity index (χ2n) is 3.84. The highest BCUT2D eigenvalue weighted by Crippen LogP contribution is 2.21. The number of carbonyl (C=O) groups is 2. The lowest BCUT2D eigenvalue weighted by atomic mass is 10.2. The maximum absolute atomic E-state index is 12.9. The molecule has 0 saturated heterocycles. The van der Waals surface area contributed by atoms with Gasteiger partial charge in [-0.1, -0.05) is 11.6 Å². The second-order valence-corrected chi connectivity index (χ2v) is 5.10. The molecule has 0 aliphatic heterocycles. The smallest absolute Gasteiger partial charge is 0.357 e. The summed E-state index contributed by atoms with van der Waals surface area (Å²) in [7, 11) is 0. The molecule has 2 aromatic rings.